The topological polar surface area (TPSA) is 80.3 Å². The summed E-state index contributed by atoms with van der Waals surface area (Å²) in [5.41, 5.74) is 3.08. The first-order chi connectivity index (χ1) is 21.3. The zero-order chi connectivity index (χ0) is 32.0. The Morgan fingerprint density at radius 1 is 1.02 bits per heavy atom. The molecule has 2 amide bonds. The Hall–Kier alpha value is -4.27. The molecule has 238 valence electrons. The molecule has 0 saturated carbocycles. The van der Waals surface area contributed by atoms with E-state index in [4.69, 9.17) is 14.2 Å². The Morgan fingerprint density at radius 2 is 1.76 bits per heavy atom. The lowest BCUT2D eigenvalue weighted by Gasteiger charge is -2.43. The van der Waals surface area contributed by atoms with Crippen LogP contribution in [-0.2, 0) is 21.5 Å². The van der Waals surface area contributed by atoms with Crippen LogP contribution in [0.1, 0.15) is 76.6 Å². The Kier molecular flexibility index (Phi) is 7.91. The highest BCUT2D eigenvalue weighted by atomic mass is 19.1. The van der Waals surface area contributed by atoms with Crippen LogP contribution in [0.25, 0.3) is 0 Å². The van der Waals surface area contributed by atoms with Crippen LogP contribution in [0, 0.1) is 5.82 Å². The lowest BCUT2D eigenvalue weighted by Crippen LogP contribution is -2.50. The molecule has 1 aliphatic carbocycles. The van der Waals surface area contributed by atoms with E-state index >= 15 is 0 Å². The zero-order valence-electron chi connectivity index (χ0n) is 26.7. The van der Waals surface area contributed by atoms with Gasteiger partial charge >= 0.3 is 12.2 Å². The summed E-state index contributed by atoms with van der Waals surface area (Å²) in [7, 11) is 0. The summed E-state index contributed by atoms with van der Waals surface area (Å²) in [6, 6.07) is 20.2. The lowest BCUT2D eigenvalue weighted by molar-refractivity contribution is 0.0484. The summed E-state index contributed by atoms with van der Waals surface area (Å²) in [4.78, 5) is 29.8. The Bertz CT molecular complexity index is 1580. The number of fused-ring (bicyclic) bond motifs is 3. The van der Waals surface area contributed by atoms with Crippen molar-refractivity contribution in [2.45, 2.75) is 83.1 Å². The van der Waals surface area contributed by atoms with E-state index in [1.165, 1.54) is 6.07 Å². The second-order valence-electron chi connectivity index (χ2n) is 14.0. The highest BCUT2D eigenvalue weighted by Crippen LogP contribution is 2.52. The number of amides is 2. The average molecular weight is 616 g/mol. The van der Waals surface area contributed by atoms with Gasteiger partial charge in [-0.1, -0.05) is 36.4 Å². The first-order valence-corrected chi connectivity index (χ1v) is 15.7. The summed E-state index contributed by atoms with van der Waals surface area (Å²) in [6.45, 7) is 11.6. The van der Waals surface area contributed by atoms with E-state index in [0.29, 0.717) is 24.4 Å². The van der Waals surface area contributed by atoms with Crippen LogP contribution < -0.4 is 19.9 Å². The van der Waals surface area contributed by atoms with Gasteiger partial charge < -0.3 is 24.4 Å². The van der Waals surface area contributed by atoms with Crippen LogP contribution in [0.5, 0.6) is 5.75 Å². The highest BCUT2D eigenvalue weighted by molar-refractivity contribution is 5.91. The van der Waals surface area contributed by atoms with E-state index in [2.05, 4.69) is 10.2 Å². The monoisotopic (exact) mass is 615 g/mol. The van der Waals surface area contributed by atoms with Gasteiger partial charge in [-0.05, 0) is 94.8 Å². The van der Waals surface area contributed by atoms with Crippen molar-refractivity contribution < 1.29 is 28.2 Å². The average Bonchev–Trinajstić information content (AvgIpc) is 3.26. The number of carbonyl (C=O) groups is 2. The first-order valence-electron chi connectivity index (χ1n) is 15.7. The van der Waals surface area contributed by atoms with Crippen LogP contribution in [0.4, 0.5) is 25.4 Å². The molecule has 1 spiro atoms. The Balaban J connectivity index is 1.16. The van der Waals surface area contributed by atoms with Crippen molar-refractivity contribution >= 4 is 23.6 Å². The summed E-state index contributed by atoms with van der Waals surface area (Å²) < 4.78 is 32.1. The number of anilines is 2. The van der Waals surface area contributed by atoms with Crippen molar-refractivity contribution in [3.63, 3.8) is 0 Å². The third kappa shape index (κ3) is 6.58. The predicted octanol–water partition coefficient (Wildman–Crippen LogP) is 7.65. The quantitative estimate of drug-likeness (QED) is 0.325. The lowest BCUT2D eigenvalue weighted by atomic mass is 9.73. The van der Waals surface area contributed by atoms with Crippen LogP contribution in [0.2, 0.25) is 0 Å². The maximum absolute atomic E-state index is 14.6. The molecule has 8 nitrogen and oxygen atoms in total. The molecule has 0 radical (unpaired) electrons. The zero-order valence-corrected chi connectivity index (χ0v) is 26.7. The van der Waals surface area contributed by atoms with Gasteiger partial charge in [-0.25, -0.2) is 14.0 Å². The van der Waals surface area contributed by atoms with E-state index in [0.717, 1.165) is 48.3 Å². The Morgan fingerprint density at radius 3 is 2.47 bits per heavy atom. The number of rotatable bonds is 4. The maximum atomic E-state index is 14.6. The minimum Gasteiger partial charge on any atom is -0.484 e. The van der Waals surface area contributed by atoms with Crippen molar-refractivity contribution in [2.75, 3.05) is 29.4 Å². The number of hydrogen-bond donors (Lipinski definition) is 1. The van der Waals surface area contributed by atoms with E-state index < -0.39 is 23.4 Å². The molecule has 3 aromatic rings. The fourth-order valence-electron chi connectivity index (χ4n) is 6.88. The minimum absolute atomic E-state index is 0.187. The van der Waals surface area contributed by atoms with Gasteiger partial charge in [0.2, 0.25) is 0 Å². The standard InChI is InChI=1S/C36H42FN3O5/c1-34(2,3)45-33(42)40-23-35(4,5)44-31-20-26(12-14-30(31)40)39-17-15-36(16-18-39)21-29(27-13-11-25(37)19-28(27)36)38-32(41)43-22-24-9-7-6-8-10-24/h6-14,19-20,29H,15-18,21-23H2,1-5H3,(H,38,41). The van der Waals surface area contributed by atoms with Gasteiger partial charge in [-0.2, -0.15) is 0 Å². The van der Waals surface area contributed by atoms with Crippen LogP contribution >= 0.6 is 0 Å². The van der Waals surface area contributed by atoms with Crippen LogP contribution in [0.15, 0.2) is 66.7 Å². The van der Waals surface area contributed by atoms with E-state index in [1.807, 2.05) is 83.1 Å². The van der Waals surface area contributed by atoms with Crippen molar-refractivity contribution in [3.05, 3.63) is 89.2 Å². The number of piperidine rings is 1. The van der Waals surface area contributed by atoms with E-state index in [9.17, 15) is 14.0 Å². The summed E-state index contributed by atoms with van der Waals surface area (Å²) in [6.07, 6.45) is 1.41. The molecule has 2 aliphatic heterocycles. The largest absolute Gasteiger partial charge is 0.484 e. The fraction of sp³-hybridized carbons (Fsp3) is 0.444. The normalized spacial score (nSPS) is 19.7. The number of carbonyl (C=O) groups excluding carboxylic acids is 2. The molecule has 0 bridgehead atoms. The number of ether oxygens (including phenoxy) is 3. The van der Waals surface area contributed by atoms with Crippen LogP contribution in [-0.4, -0.2) is 43.0 Å². The molecule has 0 aromatic heterocycles. The van der Waals surface area contributed by atoms with Gasteiger partial charge in [0, 0.05) is 30.3 Å². The SMILES string of the molecule is CC(C)(C)OC(=O)N1CC(C)(C)Oc2cc(N3CCC4(CC3)CC(NC(=O)OCc3ccccc3)c3ccc(F)cc34)ccc21. The number of nitrogens with zero attached hydrogens (tertiary/aromatic N) is 2. The van der Waals surface area contributed by atoms with Crippen molar-refractivity contribution in [3.8, 4) is 5.75 Å². The number of alkyl carbamates (subject to hydrolysis) is 1. The van der Waals surface area contributed by atoms with Crippen molar-refractivity contribution in [1.29, 1.82) is 0 Å². The van der Waals surface area contributed by atoms with Crippen molar-refractivity contribution in [1.82, 2.24) is 5.32 Å². The number of halogens is 1. The molecule has 9 heteroatoms. The molecule has 1 atom stereocenters. The number of nitrogens with one attached hydrogen (secondary N) is 1. The molecular weight excluding hydrogens is 573 g/mol. The van der Waals surface area contributed by atoms with Gasteiger partial charge in [-0.15, -0.1) is 0 Å². The van der Waals surface area contributed by atoms with Gasteiger partial charge in [-0.3, -0.25) is 4.90 Å². The number of benzene rings is 3. The molecule has 3 aliphatic rings. The Labute approximate surface area is 264 Å². The van der Waals surface area contributed by atoms with Gasteiger partial charge in [0.1, 0.15) is 29.4 Å². The molecule has 6 rings (SSSR count). The first kappa shape index (κ1) is 30.7. The smallest absolute Gasteiger partial charge is 0.415 e. The summed E-state index contributed by atoms with van der Waals surface area (Å²) in [5, 5.41) is 3.05. The van der Waals surface area contributed by atoms with Gasteiger partial charge in [0.05, 0.1) is 18.3 Å². The summed E-state index contributed by atoms with van der Waals surface area (Å²) >= 11 is 0. The molecule has 2 heterocycles. The second-order valence-corrected chi connectivity index (χ2v) is 14.0. The third-order valence-electron chi connectivity index (χ3n) is 8.92. The van der Waals surface area contributed by atoms with E-state index in [1.54, 1.807) is 17.0 Å². The maximum Gasteiger partial charge on any atom is 0.415 e. The summed E-state index contributed by atoms with van der Waals surface area (Å²) in [5.74, 6) is 0.369. The highest BCUT2D eigenvalue weighted by Gasteiger charge is 2.46. The molecular formula is C36H42FN3O5. The molecule has 1 N–H and O–H groups in total. The second kappa shape index (κ2) is 11.6. The van der Waals surface area contributed by atoms with Gasteiger partial charge in [0.25, 0.3) is 0 Å². The molecule has 45 heavy (non-hydrogen) atoms. The molecule has 1 saturated heterocycles. The van der Waals surface area contributed by atoms with Crippen molar-refractivity contribution in [2.24, 2.45) is 0 Å². The third-order valence-corrected chi connectivity index (χ3v) is 8.92. The predicted molar refractivity (Wildman–Crippen MR) is 171 cm³/mol. The number of hydrogen-bond acceptors (Lipinski definition) is 6. The van der Waals surface area contributed by atoms with Gasteiger partial charge in [0.15, 0.2) is 0 Å². The fourth-order valence-corrected chi connectivity index (χ4v) is 6.88. The molecule has 3 aromatic carbocycles. The molecule has 1 unspecified atom stereocenters. The minimum atomic E-state index is -0.609. The molecule has 1 fully saturated rings. The van der Waals surface area contributed by atoms with Crippen LogP contribution in [0.3, 0.4) is 0 Å². The van der Waals surface area contributed by atoms with E-state index in [-0.39, 0.29) is 23.9 Å².